The van der Waals surface area contributed by atoms with Gasteiger partial charge in [-0.1, -0.05) is 17.3 Å². The maximum atomic E-state index is 6.07. The predicted octanol–water partition coefficient (Wildman–Crippen LogP) is 2.96. The number of para-hydroxylation sites is 2. The SMILES string of the molecule is Cc1cc([C@@H]2CCCN2C[C@@H]2COc3ccccc3O2)on1. The molecule has 0 saturated carbocycles. The van der Waals surface area contributed by atoms with E-state index >= 15 is 0 Å². The minimum atomic E-state index is 0.0551. The summed E-state index contributed by atoms with van der Waals surface area (Å²) in [6.07, 6.45) is 2.34. The highest BCUT2D eigenvalue weighted by atomic mass is 16.6. The molecule has 1 fully saturated rings. The highest BCUT2D eigenvalue weighted by molar-refractivity contribution is 5.40. The number of aromatic nitrogens is 1. The number of rotatable bonds is 3. The van der Waals surface area contributed by atoms with Crippen LogP contribution in [-0.2, 0) is 0 Å². The number of aryl methyl sites for hydroxylation is 1. The van der Waals surface area contributed by atoms with Crippen LogP contribution >= 0.6 is 0 Å². The second-order valence-electron chi connectivity index (χ2n) is 6.02. The lowest BCUT2D eigenvalue weighted by molar-refractivity contribution is 0.0516. The summed E-state index contributed by atoms with van der Waals surface area (Å²) in [4.78, 5) is 2.42. The van der Waals surface area contributed by atoms with Gasteiger partial charge in [0.25, 0.3) is 0 Å². The Balaban J connectivity index is 1.45. The molecule has 116 valence electrons. The van der Waals surface area contributed by atoms with Crippen molar-refractivity contribution < 1.29 is 14.0 Å². The molecule has 3 heterocycles. The summed E-state index contributed by atoms with van der Waals surface area (Å²) in [7, 11) is 0. The van der Waals surface area contributed by atoms with E-state index in [1.54, 1.807) is 0 Å². The Bertz CT molecular complexity index is 655. The van der Waals surface area contributed by atoms with E-state index in [0.717, 1.165) is 42.5 Å². The number of nitrogens with zero attached hydrogens (tertiary/aromatic N) is 2. The van der Waals surface area contributed by atoms with Crippen LogP contribution in [0.4, 0.5) is 0 Å². The maximum absolute atomic E-state index is 6.07. The predicted molar refractivity (Wildman–Crippen MR) is 81.1 cm³/mol. The topological polar surface area (TPSA) is 47.7 Å². The molecule has 2 aliphatic heterocycles. The number of benzene rings is 1. The van der Waals surface area contributed by atoms with Crippen molar-refractivity contribution >= 4 is 0 Å². The molecule has 22 heavy (non-hydrogen) atoms. The van der Waals surface area contributed by atoms with Crippen molar-refractivity contribution in [3.8, 4) is 11.5 Å². The molecule has 2 aromatic rings. The third kappa shape index (κ3) is 2.57. The highest BCUT2D eigenvalue weighted by Crippen LogP contribution is 2.35. The van der Waals surface area contributed by atoms with Crippen molar-refractivity contribution in [2.45, 2.75) is 31.9 Å². The first-order valence-corrected chi connectivity index (χ1v) is 7.85. The summed E-state index contributed by atoms with van der Waals surface area (Å²) >= 11 is 0. The van der Waals surface area contributed by atoms with Crippen LogP contribution in [0.5, 0.6) is 11.5 Å². The molecular formula is C17H20N2O3. The number of hydrogen-bond acceptors (Lipinski definition) is 5. The second-order valence-corrected chi connectivity index (χ2v) is 6.02. The number of likely N-dealkylation sites (tertiary alicyclic amines) is 1. The van der Waals surface area contributed by atoms with Crippen molar-refractivity contribution in [2.75, 3.05) is 19.7 Å². The Morgan fingerprint density at radius 1 is 1.27 bits per heavy atom. The van der Waals surface area contributed by atoms with Gasteiger partial charge in [0.2, 0.25) is 0 Å². The average Bonchev–Trinajstić information content (AvgIpc) is 3.16. The first kappa shape index (κ1) is 13.6. The van der Waals surface area contributed by atoms with Crippen LogP contribution in [0.1, 0.15) is 30.3 Å². The molecule has 0 amide bonds. The van der Waals surface area contributed by atoms with Crippen molar-refractivity contribution in [1.82, 2.24) is 10.1 Å². The molecule has 0 aliphatic carbocycles. The van der Waals surface area contributed by atoms with Crippen molar-refractivity contribution in [2.24, 2.45) is 0 Å². The minimum Gasteiger partial charge on any atom is -0.486 e. The van der Waals surface area contributed by atoms with E-state index in [-0.39, 0.29) is 6.10 Å². The fourth-order valence-electron chi connectivity index (χ4n) is 3.32. The Morgan fingerprint density at radius 3 is 2.95 bits per heavy atom. The summed E-state index contributed by atoms with van der Waals surface area (Å²) < 4.78 is 17.3. The number of hydrogen-bond donors (Lipinski definition) is 0. The monoisotopic (exact) mass is 300 g/mol. The number of fused-ring (bicyclic) bond motifs is 1. The molecule has 2 aliphatic rings. The Hall–Kier alpha value is -2.01. The van der Waals surface area contributed by atoms with Crippen molar-refractivity contribution in [3.05, 3.63) is 41.8 Å². The van der Waals surface area contributed by atoms with Crippen LogP contribution in [0, 0.1) is 6.92 Å². The van der Waals surface area contributed by atoms with Gasteiger partial charge >= 0.3 is 0 Å². The molecule has 0 radical (unpaired) electrons. The summed E-state index contributed by atoms with van der Waals surface area (Å²) in [5, 5.41) is 4.01. The summed E-state index contributed by atoms with van der Waals surface area (Å²) in [5.74, 6) is 2.64. The molecule has 1 saturated heterocycles. The molecule has 0 spiro atoms. The lowest BCUT2D eigenvalue weighted by Gasteiger charge is -2.31. The molecule has 1 aromatic carbocycles. The normalized spacial score (nSPS) is 24.6. The number of ether oxygens (including phenoxy) is 2. The van der Waals surface area contributed by atoms with E-state index in [1.807, 2.05) is 37.3 Å². The molecule has 5 heteroatoms. The fraction of sp³-hybridized carbons (Fsp3) is 0.471. The minimum absolute atomic E-state index is 0.0551. The first-order valence-electron chi connectivity index (χ1n) is 7.85. The molecule has 4 rings (SSSR count). The van der Waals surface area contributed by atoms with Crippen LogP contribution in [0.2, 0.25) is 0 Å². The van der Waals surface area contributed by atoms with Gasteiger partial charge in [0.05, 0.1) is 11.7 Å². The van der Waals surface area contributed by atoms with Gasteiger partial charge in [-0.25, -0.2) is 0 Å². The maximum Gasteiger partial charge on any atom is 0.161 e. The van der Waals surface area contributed by atoms with Crippen LogP contribution in [0.25, 0.3) is 0 Å². The van der Waals surface area contributed by atoms with E-state index in [1.165, 1.54) is 6.42 Å². The van der Waals surface area contributed by atoms with Gasteiger partial charge in [0.1, 0.15) is 12.7 Å². The largest absolute Gasteiger partial charge is 0.486 e. The van der Waals surface area contributed by atoms with Gasteiger partial charge in [0, 0.05) is 12.6 Å². The van der Waals surface area contributed by atoms with Crippen LogP contribution in [0.3, 0.4) is 0 Å². The van der Waals surface area contributed by atoms with Crippen molar-refractivity contribution in [3.63, 3.8) is 0 Å². The smallest absolute Gasteiger partial charge is 0.161 e. The quantitative estimate of drug-likeness (QED) is 0.872. The molecule has 1 aromatic heterocycles. The molecule has 2 atom stereocenters. The Labute approximate surface area is 129 Å². The molecular weight excluding hydrogens is 280 g/mol. The zero-order valence-corrected chi connectivity index (χ0v) is 12.7. The lowest BCUT2D eigenvalue weighted by Crippen LogP contribution is -2.40. The Morgan fingerprint density at radius 2 is 2.14 bits per heavy atom. The van der Waals surface area contributed by atoms with E-state index < -0.39 is 0 Å². The van der Waals surface area contributed by atoms with Gasteiger partial charge in [-0.15, -0.1) is 0 Å². The van der Waals surface area contributed by atoms with Crippen LogP contribution < -0.4 is 9.47 Å². The van der Waals surface area contributed by atoms with E-state index in [9.17, 15) is 0 Å². The molecule has 0 unspecified atom stereocenters. The third-order valence-electron chi connectivity index (χ3n) is 4.34. The van der Waals surface area contributed by atoms with Gasteiger partial charge in [-0.2, -0.15) is 0 Å². The standard InChI is InChI=1S/C17H20N2O3/c1-12-9-17(22-18-12)14-5-4-8-19(14)10-13-11-20-15-6-2-3-7-16(15)21-13/h2-3,6-7,9,13-14H,4-5,8,10-11H2,1H3/t13-,14+/m1/s1. The lowest BCUT2D eigenvalue weighted by atomic mass is 10.1. The van der Waals surface area contributed by atoms with E-state index in [2.05, 4.69) is 10.1 Å². The van der Waals surface area contributed by atoms with Gasteiger partial charge in [0.15, 0.2) is 17.3 Å². The first-order chi connectivity index (χ1) is 10.8. The highest BCUT2D eigenvalue weighted by Gasteiger charge is 2.32. The third-order valence-corrected chi connectivity index (χ3v) is 4.34. The van der Waals surface area contributed by atoms with Crippen molar-refractivity contribution in [1.29, 1.82) is 0 Å². The summed E-state index contributed by atoms with van der Waals surface area (Å²) in [5.41, 5.74) is 0.938. The van der Waals surface area contributed by atoms with E-state index in [0.29, 0.717) is 12.6 Å². The Kier molecular flexibility index (Phi) is 3.50. The van der Waals surface area contributed by atoms with Gasteiger partial charge in [-0.05, 0) is 38.4 Å². The van der Waals surface area contributed by atoms with E-state index in [4.69, 9.17) is 14.0 Å². The van der Waals surface area contributed by atoms with Crippen LogP contribution in [0.15, 0.2) is 34.9 Å². The second kappa shape index (κ2) is 5.65. The van der Waals surface area contributed by atoms with Gasteiger partial charge < -0.3 is 14.0 Å². The molecule has 0 N–H and O–H groups in total. The average molecular weight is 300 g/mol. The fourth-order valence-corrected chi connectivity index (χ4v) is 3.32. The molecule has 0 bridgehead atoms. The molecule has 5 nitrogen and oxygen atoms in total. The zero-order chi connectivity index (χ0) is 14.9. The zero-order valence-electron chi connectivity index (χ0n) is 12.7. The summed E-state index contributed by atoms with van der Waals surface area (Å²) in [6, 6.07) is 10.2. The van der Waals surface area contributed by atoms with Gasteiger partial charge in [-0.3, -0.25) is 4.90 Å². The summed E-state index contributed by atoms with van der Waals surface area (Å²) in [6.45, 7) is 4.46. The van der Waals surface area contributed by atoms with Crippen LogP contribution in [-0.4, -0.2) is 35.9 Å².